The van der Waals surface area contributed by atoms with Gasteiger partial charge in [0.05, 0.1) is 0 Å². The van der Waals surface area contributed by atoms with Crippen LogP contribution in [0, 0.1) is 6.92 Å². The van der Waals surface area contributed by atoms with Crippen molar-refractivity contribution in [1.29, 1.82) is 0 Å². The summed E-state index contributed by atoms with van der Waals surface area (Å²) < 4.78 is 0. The molecule has 0 amide bonds. The number of aromatic nitrogens is 4. The predicted molar refractivity (Wildman–Crippen MR) is 76.7 cm³/mol. The van der Waals surface area contributed by atoms with E-state index in [2.05, 4.69) is 20.2 Å². The minimum Gasteiger partial charge on any atom is -0.574 e. The molecule has 22 heavy (non-hydrogen) atoms. The van der Waals surface area contributed by atoms with Gasteiger partial charge in [0.2, 0.25) is 0 Å². The molecular weight excluding hydrogens is 334 g/mol. The van der Waals surface area contributed by atoms with Crippen LogP contribution in [0.4, 0.5) is 0 Å². The number of nitrogens with zero attached hydrogens (tertiary/aromatic N) is 4. The second-order valence-electron chi connectivity index (χ2n) is 4.11. The van der Waals surface area contributed by atoms with Gasteiger partial charge in [0.15, 0.2) is 0 Å². The topological polar surface area (TPSA) is 90.1 Å². The smallest absolute Gasteiger partial charge is 0.354 e. The van der Waals surface area contributed by atoms with E-state index in [1.807, 2.05) is 31.2 Å². The molecule has 0 spiro atoms. The Bertz CT molecular complexity index is 702. The van der Waals surface area contributed by atoms with Crippen molar-refractivity contribution >= 4 is 5.97 Å². The van der Waals surface area contributed by atoms with Crippen LogP contribution in [-0.2, 0) is 19.5 Å². The first-order chi connectivity index (χ1) is 10.2. The molecule has 0 aliphatic heterocycles. The summed E-state index contributed by atoms with van der Waals surface area (Å²) in [4.78, 5) is 17.9. The normalized spacial score (nSPS) is 9.14. The summed E-state index contributed by atoms with van der Waals surface area (Å²) in [7, 11) is 0. The molecule has 0 unspecified atom stereocenters. The van der Waals surface area contributed by atoms with Crippen molar-refractivity contribution in [2.45, 2.75) is 6.92 Å². The second-order valence-corrected chi connectivity index (χ2v) is 4.11. The Morgan fingerprint density at radius 3 is 2.18 bits per heavy atom. The van der Waals surface area contributed by atoms with Gasteiger partial charge in [-0.05, 0) is 31.2 Å². The van der Waals surface area contributed by atoms with E-state index in [4.69, 9.17) is 5.11 Å². The minimum atomic E-state index is -0.990. The molecule has 108 valence electrons. The fourth-order valence-corrected chi connectivity index (χ4v) is 1.52. The predicted octanol–water partition coefficient (Wildman–Crippen LogP) is 2.19. The zero-order valence-electron chi connectivity index (χ0n) is 12.0. The van der Waals surface area contributed by atoms with Crippen molar-refractivity contribution < 1.29 is 29.4 Å². The average molecular weight is 347 g/mol. The van der Waals surface area contributed by atoms with Gasteiger partial charge in [0.25, 0.3) is 0 Å². The number of rotatable bonds is 2. The van der Waals surface area contributed by atoms with Crippen LogP contribution in [0.15, 0.2) is 54.9 Å². The van der Waals surface area contributed by atoms with Gasteiger partial charge in [-0.1, -0.05) is 23.9 Å². The number of aryl methyl sites for hydroxylation is 1. The van der Waals surface area contributed by atoms with E-state index >= 15 is 0 Å². The van der Waals surface area contributed by atoms with Crippen LogP contribution in [0.5, 0.6) is 0 Å². The Labute approximate surface area is 140 Å². The summed E-state index contributed by atoms with van der Waals surface area (Å²) >= 11 is 0. The summed E-state index contributed by atoms with van der Waals surface area (Å²) in [5.41, 5.74) is 2.72. The fourth-order valence-electron chi connectivity index (χ4n) is 1.52. The number of hydrogen-bond donors (Lipinski definition) is 1. The van der Waals surface area contributed by atoms with Crippen molar-refractivity contribution in [2.75, 3.05) is 0 Å². The van der Waals surface area contributed by atoms with Gasteiger partial charge in [0.1, 0.15) is 5.69 Å². The maximum absolute atomic E-state index is 10.1. The number of hydrogen-bond acceptors (Lipinski definition) is 4. The number of carboxylic acids is 1. The van der Waals surface area contributed by atoms with Crippen LogP contribution >= 0.6 is 0 Å². The van der Waals surface area contributed by atoms with Gasteiger partial charge in [-0.25, -0.2) is 9.78 Å². The van der Waals surface area contributed by atoms with Crippen LogP contribution < -0.4 is 5.10 Å². The molecule has 7 heteroatoms. The zero-order valence-corrected chi connectivity index (χ0v) is 15.0. The van der Waals surface area contributed by atoms with Gasteiger partial charge in [0, 0.05) is 43.3 Å². The van der Waals surface area contributed by atoms with Crippen LogP contribution in [0.3, 0.4) is 0 Å². The monoisotopic (exact) mass is 345 g/mol. The molecule has 3 aromatic heterocycles. The van der Waals surface area contributed by atoms with E-state index in [9.17, 15) is 4.79 Å². The maximum Gasteiger partial charge on any atom is 0.354 e. The molecule has 0 saturated carbocycles. The summed E-state index contributed by atoms with van der Waals surface area (Å²) in [5, 5.41) is 16.2. The van der Waals surface area contributed by atoms with Crippen LogP contribution in [0.2, 0.25) is 0 Å². The van der Waals surface area contributed by atoms with Gasteiger partial charge in [-0.2, -0.15) is 0 Å². The van der Waals surface area contributed by atoms with E-state index in [1.165, 1.54) is 12.3 Å². The standard InChI is InChI=1S/C9H8N3.C6H5NO2.Zn/c1-7-6-9(12-11-7)8-4-2-3-5-10-8;8-6(9)5-3-1-2-4-7-5;/h2-6H,1H3;1-4H,(H,8,9);/q-1;;. The van der Waals surface area contributed by atoms with Gasteiger partial charge < -0.3 is 15.3 Å². The van der Waals surface area contributed by atoms with E-state index in [1.54, 1.807) is 18.3 Å². The van der Waals surface area contributed by atoms with Crippen molar-refractivity contribution in [3.63, 3.8) is 0 Å². The molecule has 0 saturated heterocycles. The van der Waals surface area contributed by atoms with E-state index < -0.39 is 5.97 Å². The SMILES string of the molecule is Cc1cc(-c2ccccn2)[n-]n1.O=C(O)c1ccccn1.[Zn]. The van der Waals surface area contributed by atoms with E-state index in [0.717, 1.165) is 17.1 Å². The van der Waals surface area contributed by atoms with Gasteiger partial charge in [-0.3, -0.25) is 4.98 Å². The van der Waals surface area contributed by atoms with Gasteiger partial charge >= 0.3 is 5.97 Å². The molecule has 0 aromatic carbocycles. The average Bonchev–Trinajstić information content (AvgIpc) is 2.96. The summed E-state index contributed by atoms with van der Waals surface area (Å²) in [6.07, 6.45) is 3.20. The first kappa shape index (κ1) is 17.7. The molecule has 0 bridgehead atoms. The summed E-state index contributed by atoms with van der Waals surface area (Å²) in [6, 6.07) is 12.4. The maximum atomic E-state index is 10.1. The molecule has 6 nitrogen and oxygen atoms in total. The number of carbonyl (C=O) groups is 1. The molecular formula is C15H13N4O2Zn-. The van der Waals surface area contributed by atoms with Crippen LogP contribution in [0.25, 0.3) is 11.4 Å². The summed E-state index contributed by atoms with van der Waals surface area (Å²) in [6.45, 7) is 1.92. The molecule has 0 aliphatic carbocycles. The Kier molecular flexibility index (Phi) is 7.06. The zero-order chi connectivity index (χ0) is 15.1. The third kappa shape index (κ3) is 5.18. The molecule has 1 N–H and O–H groups in total. The van der Waals surface area contributed by atoms with Crippen molar-refractivity contribution in [1.82, 2.24) is 20.2 Å². The van der Waals surface area contributed by atoms with E-state index in [-0.39, 0.29) is 25.2 Å². The van der Waals surface area contributed by atoms with Crippen molar-refractivity contribution in [3.05, 3.63) is 66.2 Å². The molecule has 3 heterocycles. The molecule has 0 atom stereocenters. The molecule has 0 radical (unpaired) electrons. The third-order valence-corrected chi connectivity index (χ3v) is 2.47. The molecule has 3 aromatic rings. The van der Waals surface area contributed by atoms with E-state index in [0.29, 0.717) is 0 Å². The first-order valence-electron chi connectivity index (χ1n) is 6.19. The van der Waals surface area contributed by atoms with Crippen molar-refractivity contribution in [3.8, 4) is 11.4 Å². The quantitative estimate of drug-likeness (QED) is 0.715. The molecule has 3 rings (SSSR count). The van der Waals surface area contributed by atoms with Crippen molar-refractivity contribution in [2.24, 2.45) is 0 Å². The van der Waals surface area contributed by atoms with Crippen LogP contribution in [-0.4, -0.2) is 26.1 Å². The number of carboxylic acid groups (broad SMARTS) is 1. The second kappa shape index (κ2) is 8.79. The Morgan fingerprint density at radius 1 is 1.09 bits per heavy atom. The Balaban J connectivity index is 0.000000219. The number of aromatic carboxylic acids is 1. The third-order valence-electron chi connectivity index (χ3n) is 2.47. The number of pyridine rings is 2. The Hall–Kier alpha value is -2.40. The minimum absolute atomic E-state index is 0. The van der Waals surface area contributed by atoms with Gasteiger partial charge in [-0.15, -0.1) is 0 Å². The summed E-state index contributed by atoms with van der Waals surface area (Å²) in [5.74, 6) is -0.990. The molecule has 0 fully saturated rings. The largest absolute Gasteiger partial charge is 0.574 e. The van der Waals surface area contributed by atoms with Crippen LogP contribution in [0.1, 0.15) is 16.2 Å². The first-order valence-corrected chi connectivity index (χ1v) is 6.19. The Morgan fingerprint density at radius 2 is 1.77 bits per heavy atom. The fraction of sp³-hybridized carbons (Fsp3) is 0.0667. The molecule has 0 aliphatic rings.